The molecule has 2 N–H and O–H groups in total. The van der Waals surface area contributed by atoms with E-state index in [0.29, 0.717) is 27.0 Å². The van der Waals surface area contributed by atoms with Crippen LogP contribution in [-0.4, -0.2) is 29.9 Å². The van der Waals surface area contributed by atoms with Crippen LogP contribution in [0.2, 0.25) is 5.02 Å². The summed E-state index contributed by atoms with van der Waals surface area (Å²) in [4.78, 5) is 24.2. The zero-order valence-electron chi connectivity index (χ0n) is 13.8. The average Bonchev–Trinajstić information content (AvgIpc) is 2.89. The van der Waals surface area contributed by atoms with Crippen LogP contribution in [0, 0.1) is 20.8 Å². The Kier molecular flexibility index (Phi) is 5.80. The summed E-state index contributed by atoms with van der Waals surface area (Å²) in [7, 11) is 1.69. The van der Waals surface area contributed by atoms with Crippen LogP contribution >= 0.6 is 23.1 Å². The van der Waals surface area contributed by atoms with Crippen LogP contribution in [0.1, 0.15) is 27.2 Å². The molecule has 128 valence electrons. The Labute approximate surface area is 149 Å². The minimum atomic E-state index is -0.590. The Balaban J connectivity index is 2.01. The van der Waals surface area contributed by atoms with Crippen LogP contribution in [0.4, 0.5) is 10.7 Å². The SMILES string of the molecule is CNc1snc(C)c1C(=O)OCC(=O)Nc1c(C)cc(C)cc1Cl. The number of nitrogens with zero attached hydrogens (tertiary/aromatic N) is 1. The number of hydrogen-bond donors (Lipinski definition) is 2. The largest absolute Gasteiger partial charge is 0.452 e. The molecule has 1 aromatic heterocycles. The maximum Gasteiger partial charge on any atom is 0.343 e. The number of hydrogen-bond acceptors (Lipinski definition) is 6. The van der Waals surface area contributed by atoms with E-state index in [1.807, 2.05) is 19.9 Å². The number of aryl methyl sites for hydroxylation is 3. The number of anilines is 2. The van der Waals surface area contributed by atoms with Crippen molar-refractivity contribution >= 4 is 45.7 Å². The Hall–Kier alpha value is -2.12. The third-order valence-electron chi connectivity index (χ3n) is 3.32. The molecular formula is C16H18ClN3O3S. The molecule has 1 aromatic carbocycles. The molecule has 0 radical (unpaired) electrons. The van der Waals surface area contributed by atoms with Crippen molar-refractivity contribution in [2.45, 2.75) is 20.8 Å². The molecule has 0 aliphatic heterocycles. The third kappa shape index (κ3) is 4.04. The summed E-state index contributed by atoms with van der Waals surface area (Å²) < 4.78 is 9.17. The minimum absolute atomic E-state index is 0.347. The predicted octanol–water partition coefficient (Wildman–Crippen LogP) is 3.56. The Morgan fingerprint density at radius 1 is 1.29 bits per heavy atom. The molecule has 2 rings (SSSR count). The summed E-state index contributed by atoms with van der Waals surface area (Å²) in [5.74, 6) is -1.04. The van der Waals surface area contributed by atoms with Gasteiger partial charge in [0.25, 0.3) is 5.91 Å². The van der Waals surface area contributed by atoms with Crippen molar-refractivity contribution in [2.24, 2.45) is 0 Å². The standard InChI is InChI=1S/C16H18ClN3O3S/c1-8-5-9(2)14(11(17)6-8)19-12(21)7-23-16(22)13-10(3)20-24-15(13)18-4/h5-6,18H,7H2,1-4H3,(H,19,21). The van der Waals surface area contributed by atoms with Gasteiger partial charge in [-0.3, -0.25) is 4.79 Å². The summed E-state index contributed by atoms with van der Waals surface area (Å²) in [6, 6.07) is 3.67. The zero-order chi connectivity index (χ0) is 17.9. The van der Waals surface area contributed by atoms with Gasteiger partial charge in [0.05, 0.1) is 16.4 Å². The number of carbonyl (C=O) groups excluding carboxylic acids is 2. The molecule has 0 bridgehead atoms. The number of amides is 1. The fourth-order valence-corrected chi connectivity index (χ4v) is 3.34. The van der Waals surface area contributed by atoms with Gasteiger partial charge in [0.2, 0.25) is 0 Å². The lowest BCUT2D eigenvalue weighted by atomic mass is 10.1. The zero-order valence-corrected chi connectivity index (χ0v) is 15.4. The second-order valence-corrected chi connectivity index (χ2v) is 6.47. The van der Waals surface area contributed by atoms with Gasteiger partial charge >= 0.3 is 5.97 Å². The molecule has 8 heteroatoms. The molecule has 6 nitrogen and oxygen atoms in total. The highest BCUT2D eigenvalue weighted by Gasteiger charge is 2.20. The third-order valence-corrected chi connectivity index (χ3v) is 4.58. The van der Waals surface area contributed by atoms with Crippen molar-refractivity contribution in [2.75, 3.05) is 24.3 Å². The topological polar surface area (TPSA) is 80.3 Å². The van der Waals surface area contributed by atoms with Crippen LogP contribution in [-0.2, 0) is 9.53 Å². The predicted molar refractivity (Wildman–Crippen MR) is 96.2 cm³/mol. The Morgan fingerprint density at radius 3 is 2.62 bits per heavy atom. The molecule has 0 unspecified atom stereocenters. The van der Waals surface area contributed by atoms with E-state index in [-0.39, 0.29) is 0 Å². The molecule has 0 atom stereocenters. The summed E-state index contributed by atoms with van der Waals surface area (Å²) in [6.45, 7) is 5.08. The van der Waals surface area contributed by atoms with Gasteiger partial charge in [-0.15, -0.1) is 0 Å². The number of aromatic nitrogens is 1. The van der Waals surface area contributed by atoms with E-state index in [2.05, 4.69) is 15.0 Å². The van der Waals surface area contributed by atoms with Gasteiger partial charge in [-0.2, -0.15) is 4.37 Å². The lowest BCUT2D eigenvalue weighted by Gasteiger charge is -2.12. The number of carbonyl (C=O) groups is 2. The Morgan fingerprint density at radius 2 is 2.00 bits per heavy atom. The van der Waals surface area contributed by atoms with E-state index in [1.54, 1.807) is 20.0 Å². The number of ether oxygens (including phenoxy) is 1. The lowest BCUT2D eigenvalue weighted by molar-refractivity contribution is -0.119. The van der Waals surface area contributed by atoms with Gasteiger partial charge in [-0.1, -0.05) is 17.7 Å². The molecule has 0 aliphatic carbocycles. The van der Waals surface area contributed by atoms with Crippen LogP contribution < -0.4 is 10.6 Å². The molecule has 0 aliphatic rings. The van der Waals surface area contributed by atoms with E-state index in [4.69, 9.17) is 16.3 Å². The number of benzene rings is 1. The maximum absolute atomic E-state index is 12.1. The minimum Gasteiger partial charge on any atom is -0.452 e. The van der Waals surface area contributed by atoms with Crippen LogP contribution in [0.5, 0.6) is 0 Å². The van der Waals surface area contributed by atoms with E-state index >= 15 is 0 Å². The molecule has 0 saturated carbocycles. The monoisotopic (exact) mass is 367 g/mol. The molecular weight excluding hydrogens is 350 g/mol. The summed E-state index contributed by atoms with van der Waals surface area (Å²) in [5, 5.41) is 6.61. The Bertz CT molecular complexity index is 766. The van der Waals surface area contributed by atoms with Crippen LogP contribution in [0.15, 0.2) is 12.1 Å². The highest BCUT2D eigenvalue weighted by Crippen LogP contribution is 2.27. The summed E-state index contributed by atoms with van der Waals surface area (Å²) >= 11 is 7.31. The first kappa shape index (κ1) is 18.2. The van der Waals surface area contributed by atoms with Crippen molar-refractivity contribution in [3.05, 3.63) is 39.5 Å². The fraction of sp³-hybridized carbons (Fsp3) is 0.312. The first-order valence-corrected chi connectivity index (χ1v) is 8.36. The molecule has 1 amide bonds. The summed E-state index contributed by atoms with van der Waals surface area (Å²) in [6.07, 6.45) is 0. The first-order chi connectivity index (χ1) is 11.3. The van der Waals surface area contributed by atoms with Gasteiger partial charge in [-0.05, 0) is 49.5 Å². The number of esters is 1. The molecule has 1 heterocycles. The van der Waals surface area contributed by atoms with Crippen molar-refractivity contribution in [3.8, 4) is 0 Å². The molecule has 0 spiro atoms. The second-order valence-electron chi connectivity index (χ2n) is 5.29. The van der Waals surface area contributed by atoms with Crippen molar-refractivity contribution in [1.29, 1.82) is 0 Å². The first-order valence-electron chi connectivity index (χ1n) is 7.21. The van der Waals surface area contributed by atoms with Gasteiger partial charge in [0, 0.05) is 7.05 Å². The number of nitrogens with one attached hydrogen (secondary N) is 2. The number of halogens is 1. The average molecular weight is 368 g/mol. The van der Waals surface area contributed by atoms with Gasteiger partial charge in [-0.25, -0.2) is 4.79 Å². The van der Waals surface area contributed by atoms with Crippen molar-refractivity contribution in [3.63, 3.8) is 0 Å². The van der Waals surface area contributed by atoms with Gasteiger partial charge in [0.15, 0.2) is 6.61 Å². The van der Waals surface area contributed by atoms with Crippen LogP contribution in [0.25, 0.3) is 0 Å². The highest BCUT2D eigenvalue weighted by atomic mass is 35.5. The highest BCUT2D eigenvalue weighted by molar-refractivity contribution is 7.10. The second kappa shape index (κ2) is 7.63. The molecule has 24 heavy (non-hydrogen) atoms. The maximum atomic E-state index is 12.1. The van der Waals surface area contributed by atoms with Crippen LogP contribution in [0.3, 0.4) is 0 Å². The van der Waals surface area contributed by atoms with Crippen molar-refractivity contribution in [1.82, 2.24) is 4.37 Å². The molecule has 0 saturated heterocycles. The van der Waals surface area contributed by atoms with Gasteiger partial charge < -0.3 is 15.4 Å². The lowest BCUT2D eigenvalue weighted by Crippen LogP contribution is -2.22. The van der Waals surface area contributed by atoms with E-state index in [9.17, 15) is 9.59 Å². The van der Waals surface area contributed by atoms with E-state index in [0.717, 1.165) is 11.1 Å². The fourth-order valence-electron chi connectivity index (χ4n) is 2.23. The summed E-state index contributed by atoms with van der Waals surface area (Å²) in [5.41, 5.74) is 3.27. The van der Waals surface area contributed by atoms with E-state index < -0.39 is 18.5 Å². The van der Waals surface area contributed by atoms with Crippen molar-refractivity contribution < 1.29 is 14.3 Å². The molecule has 0 fully saturated rings. The van der Waals surface area contributed by atoms with Gasteiger partial charge in [0.1, 0.15) is 10.6 Å². The quantitative estimate of drug-likeness (QED) is 0.790. The normalized spacial score (nSPS) is 10.4. The molecule has 2 aromatic rings. The number of rotatable bonds is 5. The smallest absolute Gasteiger partial charge is 0.343 e. The van der Waals surface area contributed by atoms with E-state index in [1.165, 1.54) is 11.5 Å².